The second kappa shape index (κ2) is 11.9. The molecule has 0 aliphatic carbocycles. The number of rotatable bonds is 7. The number of aryl methyl sites for hydroxylation is 1. The molecule has 8 heteroatoms. The quantitative estimate of drug-likeness (QED) is 0.344. The Labute approximate surface area is 226 Å². The lowest BCUT2D eigenvalue weighted by Gasteiger charge is -2.34. The van der Waals surface area contributed by atoms with E-state index < -0.39 is 0 Å². The van der Waals surface area contributed by atoms with E-state index in [9.17, 15) is 14.0 Å². The first-order valence-corrected chi connectivity index (χ1v) is 12.8. The Morgan fingerprint density at radius 2 is 1.49 bits per heavy atom. The van der Waals surface area contributed by atoms with Gasteiger partial charge in [0.25, 0.3) is 11.8 Å². The van der Waals surface area contributed by atoms with Gasteiger partial charge in [-0.1, -0.05) is 29.8 Å². The van der Waals surface area contributed by atoms with Crippen molar-refractivity contribution in [3.63, 3.8) is 0 Å². The van der Waals surface area contributed by atoms with E-state index in [1.807, 2.05) is 31.2 Å². The molecule has 1 aromatic heterocycles. The van der Waals surface area contributed by atoms with Gasteiger partial charge in [-0.05, 0) is 73.2 Å². The van der Waals surface area contributed by atoms with E-state index in [1.165, 1.54) is 18.3 Å². The molecule has 198 valence electrons. The van der Waals surface area contributed by atoms with E-state index in [0.717, 1.165) is 36.5 Å². The van der Waals surface area contributed by atoms with Gasteiger partial charge in [-0.25, -0.2) is 4.39 Å². The molecule has 0 atom stereocenters. The molecule has 5 rings (SSSR count). The number of hydrogen-bond donors (Lipinski definition) is 1. The van der Waals surface area contributed by atoms with E-state index in [-0.39, 0.29) is 23.3 Å². The molecule has 1 N–H and O–H groups in total. The average Bonchev–Trinajstić information content (AvgIpc) is 2.96. The van der Waals surface area contributed by atoms with E-state index in [2.05, 4.69) is 15.2 Å². The summed E-state index contributed by atoms with van der Waals surface area (Å²) in [4.78, 5) is 33.9. The van der Waals surface area contributed by atoms with Gasteiger partial charge in [0.2, 0.25) is 0 Å². The molecule has 1 aliphatic heterocycles. The van der Waals surface area contributed by atoms with Crippen LogP contribution >= 0.6 is 0 Å². The molecule has 0 unspecified atom stereocenters. The van der Waals surface area contributed by atoms with Crippen molar-refractivity contribution >= 4 is 17.5 Å². The number of ether oxygens (including phenoxy) is 1. The van der Waals surface area contributed by atoms with Crippen molar-refractivity contribution in [3.8, 4) is 11.5 Å². The fourth-order valence-electron chi connectivity index (χ4n) is 4.34. The van der Waals surface area contributed by atoms with Crippen LogP contribution in [0.25, 0.3) is 0 Å². The summed E-state index contributed by atoms with van der Waals surface area (Å²) in [5.74, 6) is 0.678. The van der Waals surface area contributed by atoms with Crippen molar-refractivity contribution in [1.82, 2.24) is 14.8 Å². The second-order valence-corrected chi connectivity index (χ2v) is 9.52. The number of aromatic nitrogens is 1. The molecule has 1 saturated heterocycles. The van der Waals surface area contributed by atoms with Crippen molar-refractivity contribution in [1.29, 1.82) is 0 Å². The number of nitrogens with one attached hydrogen (secondary N) is 1. The largest absolute Gasteiger partial charge is 0.457 e. The topological polar surface area (TPSA) is 74.8 Å². The Morgan fingerprint density at radius 3 is 2.10 bits per heavy atom. The van der Waals surface area contributed by atoms with E-state index >= 15 is 0 Å². The van der Waals surface area contributed by atoms with Crippen LogP contribution in [-0.2, 0) is 6.54 Å². The molecule has 2 heterocycles. The van der Waals surface area contributed by atoms with E-state index in [0.29, 0.717) is 30.1 Å². The lowest BCUT2D eigenvalue weighted by atomic mass is 10.1. The van der Waals surface area contributed by atoms with Crippen LogP contribution in [0.3, 0.4) is 0 Å². The third-order valence-corrected chi connectivity index (χ3v) is 6.59. The van der Waals surface area contributed by atoms with Crippen LogP contribution in [0, 0.1) is 12.7 Å². The van der Waals surface area contributed by atoms with Crippen molar-refractivity contribution in [2.45, 2.75) is 13.5 Å². The normalized spacial score (nSPS) is 13.6. The molecule has 0 bridgehead atoms. The van der Waals surface area contributed by atoms with Gasteiger partial charge in [-0.2, -0.15) is 0 Å². The molecular weight excluding hydrogens is 495 g/mol. The predicted octanol–water partition coefficient (Wildman–Crippen LogP) is 5.53. The number of halogens is 1. The monoisotopic (exact) mass is 524 g/mol. The number of hydrogen-bond acceptors (Lipinski definition) is 5. The number of pyridine rings is 1. The molecule has 1 fully saturated rings. The summed E-state index contributed by atoms with van der Waals surface area (Å²) >= 11 is 0. The summed E-state index contributed by atoms with van der Waals surface area (Å²) in [6.07, 6.45) is 1.45. The minimum atomic E-state index is -0.365. The molecule has 2 amide bonds. The zero-order valence-electron chi connectivity index (χ0n) is 21.6. The van der Waals surface area contributed by atoms with Gasteiger partial charge >= 0.3 is 0 Å². The number of nitrogens with zero attached hydrogens (tertiary/aromatic N) is 3. The maximum atomic E-state index is 13.1. The molecule has 39 heavy (non-hydrogen) atoms. The van der Waals surface area contributed by atoms with Crippen LogP contribution < -0.4 is 10.1 Å². The van der Waals surface area contributed by atoms with Gasteiger partial charge in [0.05, 0.1) is 5.56 Å². The van der Waals surface area contributed by atoms with Crippen molar-refractivity contribution in [3.05, 3.63) is 119 Å². The Balaban J connectivity index is 1.11. The first-order valence-electron chi connectivity index (χ1n) is 12.8. The zero-order chi connectivity index (χ0) is 27.2. The van der Waals surface area contributed by atoms with Crippen LogP contribution in [0.5, 0.6) is 11.5 Å². The summed E-state index contributed by atoms with van der Waals surface area (Å²) in [6.45, 7) is 5.37. The molecular formula is C31H29FN4O3. The SMILES string of the molecule is Cc1ccc(Oc2ccc(NC(=O)c3ccc(C(=O)N4CCN(Cc5ccc(F)cc5)CC4)cn3)cc2)cc1. The number of amides is 2. The summed E-state index contributed by atoms with van der Waals surface area (Å²) in [6, 6.07) is 24.5. The minimum Gasteiger partial charge on any atom is -0.457 e. The minimum absolute atomic E-state index is 0.111. The Bertz CT molecular complexity index is 1420. The van der Waals surface area contributed by atoms with Crippen LogP contribution in [-0.4, -0.2) is 52.8 Å². The summed E-state index contributed by atoms with van der Waals surface area (Å²) < 4.78 is 19.0. The third kappa shape index (κ3) is 6.86. The standard InChI is InChI=1S/C31H29FN4O3/c1-22-2-11-27(12-3-22)39-28-13-9-26(10-14-28)34-30(37)29-15-6-24(20-33-29)31(38)36-18-16-35(17-19-36)21-23-4-7-25(32)8-5-23/h2-15,20H,16-19,21H2,1H3,(H,34,37). The van der Waals surface area contributed by atoms with Gasteiger partial charge in [-0.15, -0.1) is 0 Å². The van der Waals surface area contributed by atoms with Gasteiger partial charge in [0, 0.05) is 44.6 Å². The molecule has 3 aromatic carbocycles. The lowest BCUT2D eigenvalue weighted by molar-refractivity contribution is 0.0627. The van der Waals surface area contributed by atoms with Crippen molar-refractivity contribution in [2.24, 2.45) is 0 Å². The zero-order valence-corrected chi connectivity index (χ0v) is 21.6. The number of carbonyl (C=O) groups excluding carboxylic acids is 2. The molecule has 1 aliphatic rings. The fourth-order valence-corrected chi connectivity index (χ4v) is 4.34. The molecule has 0 spiro atoms. The Morgan fingerprint density at radius 1 is 0.846 bits per heavy atom. The maximum Gasteiger partial charge on any atom is 0.274 e. The highest BCUT2D eigenvalue weighted by atomic mass is 19.1. The van der Waals surface area contributed by atoms with Crippen LogP contribution in [0.1, 0.15) is 32.0 Å². The van der Waals surface area contributed by atoms with E-state index in [4.69, 9.17) is 4.74 Å². The number of piperazine rings is 1. The van der Waals surface area contributed by atoms with Crippen molar-refractivity contribution in [2.75, 3.05) is 31.5 Å². The van der Waals surface area contributed by atoms with E-state index in [1.54, 1.807) is 53.4 Å². The molecule has 7 nitrogen and oxygen atoms in total. The molecule has 4 aromatic rings. The number of carbonyl (C=O) groups is 2. The molecule has 0 saturated carbocycles. The third-order valence-electron chi connectivity index (χ3n) is 6.59. The number of anilines is 1. The Kier molecular flexibility index (Phi) is 7.94. The first kappa shape index (κ1) is 26.1. The smallest absolute Gasteiger partial charge is 0.274 e. The first-order chi connectivity index (χ1) is 18.9. The van der Waals surface area contributed by atoms with Crippen molar-refractivity contribution < 1.29 is 18.7 Å². The Hall–Kier alpha value is -4.56. The summed E-state index contributed by atoms with van der Waals surface area (Å²) in [5, 5.41) is 2.82. The second-order valence-electron chi connectivity index (χ2n) is 9.52. The van der Waals surface area contributed by atoms with Crippen LogP contribution in [0.2, 0.25) is 0 Å². The highest BCUT2D eigenvalue weighted by Crippen LogP contribution is 2.23. The van der Waals surface area contributed by atoms with Gasteiger partial charge < -0.3 is 15.0 Å². The van der Waals surface area contributed by atoms with Gasteiger partial charge in [0.15, 0.2) is 0 Å². The van der Waals surface area contributed by atoms with Crippen LogP contribution in [0.4, 0.5) is 10.1 Å². The lowest BCUT2D eigenvalue weighted by Crippen LogP contribution is -2.48. The number of benzene rings is 3. The maximum absolute atomic E-state index is 13.1. The predicted molar refractivity (Wildman–Crippen MR) is 147 cm³/mol. The van der Waals surface area contributed by atoms with Gasteiger partial charge in [0.1, 0.15) is 23.0 Å². The fraction of sp³-hybridized carbons (Fsp3) is 0.194. The highest BCUT2D eigenvalue weighted by Gasteiger charge is 2.23. The highest BCUT2D eigenvalue weighted by molar-refractivity contribution is 6.03. The summed E-state index contributed by atoms with van der Waals surface area (Å²) in [7, 11) is 0. The molecule has 0 radical (unpaired) electrons. The summed E-state index contributed by atoms with van der Waals surface area (Å²) in [5.41, 5.74) is 3.47. The average molecular weight is 525 g/mol. The van der Waals surface area contributed by atoms with Gasteiger partial charge in [-0.3, -0.25) is 19.5 Å². The van der Waals surface area contributed by atoms with Crippen LogP contribution in [0.15, 0.2) is 91.1 Å².